The summed E-state index contributed by atoms with van der Waals surface area (Å²) in [5.41, 5.74) is 17.2. The number of hydrogen-bond acceptors (Lipinski definition) is 3. The summed E-state index contributed by atoms with van der Waals surface area (Å²) in [5.74, 6) is 2.36. The number of hydrogen-bond donors (Lipinski definition) is 0. The van der Waals surface area contributed by atoms with Crippen LogP contribution in [-0.4, -0.2) is 23.6 Å². The molecule has 7 aromatic rings. The van der Waals surface area contributed by atoms with E-state index < -0.39 is 10.8 Å². The number of benzene rings is 7. The molecule has 4 aliphatic carbocycles. The van der Waals surface area contributed by atoms with Gasteiger partial charge >= 0.3 is 0 Å². The van der Waals surface area contributed by atoms with Gasteiger partial charge in [-0.1, -0.05) is 238 Å². The fourth-order valence-electron chi connectivity index (χ4n) is 12.1. The summed E-state index contributed by atoms with van der Waals surface area (Å²) in [7, 11) is 2.17. The van der Waals surface area contributed by atoms with Crippen molar-refractivity contribution in [2.24, 2.45) is 27.7 Å². The van der Waals surface area contributed by atoms with Gasteiger partial charge in [-0.2, -0.15) is 0 Å². The minimum absolute atomic E-state index is 0.0215. The van der Waals surface area contributed by atoms with Crippen LogP contribution in [0.2, 0.25) is 0 Å². The first-order chi connectivity index (χ1) is 32.0. The van der Waals surface area contributed by atoms with Crippen LogP contribution in [-0.2, 0) is 10.8 Å². The number of nitrogens with zero attached hydrogens (tertiary/aromatic N) is 3. The Morgan fingerprint density at radius 1 is 0.554 bits per heavy atom. The highest BCUT2D eigenvalue weighted by molar-refractivity contribution is 6.09. The molecule has 0 saturated carbocycles. The number of amidine groups is 2. The second kappa shape index (κ2) is 15.4. The van der Waals surface area contributed by atoms with Crippen LogP contribution < -0.4 is 0 Å². The van der Waals surface area contributed by atoms with E-state index in [4.69, 9.17) is 9.98 Å². The molecule has 314 valence electrons. The lowest BCUT2D eigenvalue weighted by Gasteiger charge is -2.52. The Labute approximate surface area is 383 Å². The summed E-state index contributed by atoms with van der Waals surface area (Å²) in [6, 6.07) is 67.0. The molecule has 3 nitrogen and oxygen atoms in total. The molecule has 0 radical (unpaired) electrons. The Hall–Kier alpha value is -7.36. The molecule has 3 heteroatoms. The van der Waals surface area contributed by atoms with Gasteiger partial charge in [-0.3, -0.25) is 0 Å². The van der Waals surface area contributed by atoms with Crippen molar-refractivity contribution in [2.75, 3.05) is 7.05 Å². The maximum atomic E-state index is 5.50. The summed E-state index contributed by atoms with van der Waals surface area (Å²) in [4.78, 5) is 13.2. The van der Waals surface area contributed by atoms with E-state index in [9.17, 15) is 0 Å². The van der Waals surface area contributed by atoms with E-state index in [0.29, 0.717) is 5.92 Å². The first-order valence-electron chi connectivity index (χ1n) is 23.3. The highest BCUT2D eigenvalue weighted by Gasteiger charge is 2.58. The molecule has 1 heterocycles. The van der Waals surface area contributed by atoms with E-state index in [-0.39, 0.29) is 18.0 Å². The monoisotopic (exact) mass is 837 g/mol. The quantitative estimate of drug-likeness (QED) is 0.157. The van der Waals surface area contributed by atoms with E-state index in [1.54, 1.807) is 0 Å². The van der Waals surface area contributed by atoms with Crippen LogP contribution in [0, 0.1) is 17.8 Å². The van der Waals surface area contributed by atoms with Crippen molar-refractivity contribution in [1.29, 1.82) is 0 Å². The maximum Gasteiger partial charge on any atom is 0.159 e. The average Bonchev–Trinajstić information content (AvgIpc) is 3.67. The molecule has 0 saturated heterocycles. The predicted molar refractivity (Wildman–Crippen MR) is 268 cm³/mol. The SMILES string of the molecule is CC1C=CC=C(C2(C3=CC(C)C(C4=NC(c5ccc(-c6ccccc6)cc5)=NC(c5ccccc5)N4C)C=C3)c3ccccc3C3(c4ccccc4)c4ccccc4-c4cccc2c43)C1. The number of allylic oxidation sites excluding steroid dienone is 7. The fourth-order valence-corrected chi connectivity index (χ4v) is 12.1. The zero-order valence-electron chi connectivity index (χ0n) is 37.1. The molecule has 0 bridgehead atoms. The first-order valence-corrected chi connectivity index (χ1v) is 23.3. The van der Waals surface area contributed by atoms with Gasteiger partial charge in [-0.25, -0.2) is 9.98 Å². The molecule has 5 aliphatic rings. The third kappa shape index (κ3) is 5.88. The first kappa shape index (κ1) is 39.2. The van der Waals surface area contributed by atoms with Crippen molar-refractivity contribution in [1.82, 2.24) is 4.90 Å². The molecule has 0 N–H and O–H groups in total. The largest absolute Gasteiger partial charge is 0.337 e. The highest BCUT2D eigenvalue weighted by Crippen LogP contribution is 2.67. The number of fused-ring (bicyclic) bond motifs is 5. The van der Waals surface area contributed by atoms with Crippen LogP contribution in [0.25, 0.3) is 22.3 Å². The minimum Gasteiger partial charge on any atom is -0.337 e. The molecule has 6 atom stereocenters. The van der Waals surface area contributed by atoms with Gasteiger partial charge in [0.05, 0.1) is 10.8 Å². The van der Waals surface area contributed by atoms with E-state index in [1.165, 1.54) is 66.8 Å². The molecule has 0 aromatic heterocycles. The van der Waals surface area contributed by atoms with Gasteiger partial charge in [0.2, 0.25) is 0 Å². The van der Waals surface area contributed by atoms with Crippen LogP contribution >= 0.6 is 0 Å². The summed E-state index contributed by atoms with van der Waals surface area (Å²) < 4.78 is 0. The molecular weight excluding hydrogens is 787 g/mol. The van der Waals surface area contributed by atoms with Gasteiger partial charge in [-0.05, 0) is 85.0 Å². The summed E-state index contributed by atoms with van der Waals surface area (Å²) in [6.45, 7) is 4.76. The third-order valence-corrected chi connectivity index (χ3v) is 14.9. The second-order valence-electron chi connectivity index (χ2n) is 18.6. The molecular formula is C62H51N3. The average molecular weight is 838 g/mol. The predicted octanol–water partition coefficient (Wildman–Crippen LogP) is 14.1. The third-order valence-electron chi connectivity index (χ3n) is 14.9. The Balaban J connectivity index is 1.03. The Morgan fingerprint density at radius 3 is 1.88 bits per heavy atom. The van der Waals surface area contributed by atoms with Crippen LogP contribution in [0.15, 0.2) is 240 Å². The Morgan fingerprint density at radius 2 is 1.15 bits per heavy atom. The normalized spacial score (nSPS) is 24.8. The lowest BCUT2D eigenvalue weighted by atomic mass is 9.50. The van der Waals surface area contributed by atoms with Crippen molar-refractivity contribution < 1.29 is 0 Å². The van der Waals surface area contributed by atoms with Crippen molar-refractivity contribution >= 4 is 11.7 Å². The maximum absolute atomic E-state index is 5.50. The number of rotatable bonds is 7. The van der Waals surface area contributed by atoms with E-state index >= 15 is 0 Å². The summed E-state index contributed by atoms with van der Waals surface area (Å²) in [6.07, 6.45) is 15.4. The van der Waals surface area contributed by atoms with Crippen LogP contribution in [0.4, 0.5) is 0 Å². The Bertz CT molecular complexity index is 3170. The van der Waals surface area contributed by atoms with E-state index in [2.05, 4.69) is 244 Å². The van der Waals surface area contributed by atoms with Crippen LogP contribution in [0.1, 0.15) is 70.9 Å². The van der Waals surface area contributed by atoms with E-state index in [1.807, 2.05) is 0 Å². The fraction of sp³-hybridized carbons (Fsp3) is 0.161. The van der Waals surface area contributed by atoms with Crippen LogP contribution in [0.3, 0.4) is 0 Å². The number of aliphatic imine (C=N–C) groups is 2. The molecule has 6 unspecified atom stereocenters. The zero-order valence-corrected chi connectivity index (χ0v) is 37.1. The zero-order chi connectivity index (χ0) is 43.7. The molecule has 65 heavy (non-hydrogen) atoms. The van der Waals surface area contributed by atoms with Gasteiger partial charge < -0.3 is 4.90 Å². The summed E-state index contributed by atoms with van der Waals surface area (Å²) in [5, 5.41) is 0. The second-order valence-corrected chi connectivity index (χ2v) is 18.6. The lowest BCUT2D eigenvalue weighted by molar-refractivity contribution is 0.357. The highest BCUT2D eigenvalue weighted by atomic mass is 15.3. The lowest BCUT2D eigenvalue weighted by Crippen LogP contribution is -2.46. The topological polar surface area (TPSA) is 28.0 Å². The van der Waals surface area contributed by atoms with Gasteiger partial charge in [-0.15, -0.1) is 0 Å². The van der Waals surface area contributed by atoms with Crippen molar-refractivity contribution in [3.63, 3.8) is 0 Å². The van der Waals surface area contributed by atoms with Gasteiger partial charge in [0.1, 0.15) is 12.0 Å². The van der Waals surface area contributed by atoms with Crippen molar-refractivity contribution in [3.8, 4) is 22.3 Å². The molecule has 7 aromatic carbocycles. The van der Waals surface area contributed by atoms with E-state index in [0.717, 1.165) is 29.2 Å². The van der Waals surface area contributed by atoms with Gasteiger partial charge in [0.25, 0.3) is 0 Å². The molecule has 0 spiro atoms. The molecule has 12 rings (SSSR count). The van der Waals surface area contributed by atoms with Gasteiger partial charge in [0.15, 0.2) is 5.84 Å². The van der Waals surface area contributed by atoms with Crippen LogP contribution in [0.5, 0.6) is 0 Å². The standard InChI is InChI=1S/C62H51N3/c1-41-19-17-26-48(39-41)61(54-30-15-16-31-55(54)62(47-24-11-6-12-25-47)53-29-14-13-27-51(53)52-28-18-32-56(61)57(52)62)49-37-38-50(42(2)40-49)60-64-58(63-59(65(60)3)46-22-9-5-10-23-46)45-35-33-44(34-36-45)43-20-7-4-8-21-43/h4-38,40-42,50,59H,39H2,1-3H3. The molecule has 1 aliphatic heterocycles. The summed E-state index contributed by atoms with van der Waals surface area (Å²) >= 11 is 0. The molecule has 0 amide bonds. The minimum atomic E-state index is -0.531. The van der Waals surface area contributed by atoms with Crippen molar-refractivity contribution in [3.05, 3.63) is 274 Å². The smallest absolute Gasteiger partial charge is 0.159 e. The molecule has 0 fully saturated rings. The van der Waals surface area contributed by atoms with Crippen molar-refractivity contribution in [2.45, 2.75) is 37.3 Å². The van der Waals surface area contributed by atoms with Gasteiger partial charge in [0, 0.05) is 18.5 Å². The Kier molecular flexibility index (Phi) is 9.31.